The Hall–Kier alpha value is -1.64. The lowest BCUT2D eigenvalue weighted by Crippen LogP contribution is -2.15. The topological polar surface area (TPSA) is 54.4 Å². The summed E-state index contributed by atoms with van der Waals surface area (Å²) >= 11 is 0. The Morgan fingerprint density at radius 3 is 2.60 bits per heavy atom. The molecule has 0 aliphatic heterocycles. The van der Waals surface area contributed by atoms with Gasteiger partial charge in [0.25, 0.3) is 0 Å². The van der Waals surface area contributed by atoms with Gasteiger partial charge in [0.1, 0.15) is 5.78 Å². The number of hydrogen-bond acceptors (Lipinski definition) is 2. The van der Waals surface area contributed by atoms with Gasteiger partial charge in [-0.3, -0.25) is 9.59 Å². The van der Waals surface area contributed by atoms with E-state index in [1.54, 1.807) is 6.92 Å². The molecule has 0 saturated heterocycles. The number of carboxylic acids is 1. The molecule has 1 saturated carbocycles. The van der Waals surface area contributed by atoms with Crippen LogP contribution in [0.5, 0.6) is 0 Å². The minimum atomic E-state index is -0.809. The fourth-order valence-corrected chi connectivity index (χ4v) is 2.82. The summed E-state index contributed by atoms with van der Waals surface area (Å²) in [6.45, 7) is 1.69. The number of carbonyl (C=O) groups excluding carboxylic acids is 1. The van der Waals surface area contributed by atoms with Crippen LogP contribution in [-0.2, 0) is 16.0 Å². The van der Waals surface area contributed by atoms with E-state index in [1.165, 1.54) is 0 Å². The molecule has 0 heterocycles. The normalized spacial score (nSPS) is 21.2. The largest absolute Gasteiger partial charge is 0.481 e. The maximum absolute atomic E-state index is 12.0. The van der Waals surface area contributed by atoms with E-state index < -0.39 is 11.9 Å². The molecule has 1 aliphatic rings. The second-order valence-electron chi connectivity index (χ2n) is 5.77. The third-order valence-electron chi connectivity index (χ3n) is 4.26. The van der Waals surface area contributed by atoms with Crippen molar-refractivity contribution in [3.8, 4) is 0 Å². The summed E-state index contributed by atoms with van der Waals surface area (Å²) in [5, 5.41) is 8.99. The SMILES string of the molecule is C[C@H](C(=O)O)c1ccc(C[C@H]2CCCCCC2=O)cc1. The molecule has 1 aromatic carbocycles. The van der Waals surface area contributed by atoms with Crippen molar-refractivity contribution in [1.82, 2.24) is 0 Å². The first-order valence-corrected chi connectivity index (χ1v) is 7.42. The molecule has 3 nitrogen and oxygen atoms in total. The molecule has 0 unspecified atom stereocenters. The van der Waals surface area contributed by atoms with Gasteiger partial charge in [-0.2, -0.15) is 0 Å². The Morgan fingerprint density at radius 1 is 1.25 bits per heavy atom. The van der Waals surface area contributed by atoms with Gasteiger partial charge in [-0.1, -0.05) is 37.1 Å². The number of rotatable bonds is 4. The zero-order valence-electron chi connectivity index (χ0n) is 12.0. The van der Waals surface area contributed by atoms with E-state index in [1.807, 2.05) is 24.3 Å². The number of aliphatic carboxylic acids is 1. The summed E-state index contributed by atoms with van der Waals surface area (Å²) in [5.74, 6) is -0.744. The first-order chi connectivity index (χ1) is 9.58. The van der Waals surface area contributed by atoms with Crippen molar-refractivity contribution in [1.29, 1.82) is 0 Å². The van der Waals surface area contributed by atoms with Gasteiger partial charge in [0, 0.05) is 12.3 Å². The van der Waals surface area contributed by atoms with Gasteiger partial charge in [-0.05, 0) is 37.3 Å². The van der Waals surface area contributed by atoms with Crippen molar-refractivity contribution in [2.75, 3.05) is 0 Å². The highest BCUT2D eigenvalue weighted by Crippen LogP contribution is 2.24. The predicted octanol–water partition coefficient (Wildman–Crippen LogP) is 3.57. The van der Waals surface area contributed by atoms with Crippen LogP contribution in [0.4, 0.5) is 0 Å². The molecule has 1 N–H and O–H groups in total. The number of carboxylic acid groups (broad SMARTS) is 1. The molecule has 108 valence electrons. The van der Waals surface area contributed by atoms with Crippen molar-refractivity contribution >= 4 is 11.8 Å². The number of carbonyl (C=O) groups is 2. The molecule has 1 aromatic rings. The summed E-state index contributed by atoms with van der Waals surface area (Å²) in [5.41, 5.74) is 1.94. The van der Waals surface area contributed by atoms with E-state index in [0.29, 0.717) is 5.78 Å². The quantitative estimate of drug-likeness (QED) is 0.854. The molecule has 3 heteroatoms. The van der Waals surface area contributed by atoms with E-state index in [4.69, 9.17) is 5.11 Å². The molecule has 0 radical (unpaired) electrons. The molecule has 0 amide bonds. The number of Topliss-reactive ketones (excluding diaryl/α,β-unsaturated/α-hetero) is 1. The Labute approximate surface area is 120 Å². The van der Waals surface area contributed by atoms with Gasteiger partial charge >= 0.3 is 5.97 Å². The second-order valence-corrected chi connectivity index (χ2v) is 5.77. The molecular formula is C17H22O3. The van der Waals surface area contributed by atoms with Gasteiger partial charge in [-0.25, -0.2) is 0 Å². The molecule has 2 rings (SSSR count). The van der Waals surface area contributed by atoms with Crippen LogP contribution in [0.1, 0.15) is 56.1 Å². The zero-order chi connectivity index (χ0) is 14.5. The monoisotopic (exact) mass is 274 g/mol. The summed E-state index contributed by atoms with van der Waals surface area (Å²) in [6.07, 6.45) is 5.84. The molecule has 1 aliphatic carbocycles. The van der Waals surface area contributed by atoms with Crippen LogP contribution in [0.15, 0.2) is 24.3 Å². The zero-order valence-corrected chi connectivity index (χ0v) is 12.0. The maximum Gasteiger partial charge on any atom is 0.310 e. The summed E-state index contributed by atoms with van der Waals surface area (Å²) < 4.78 is 0. The average Bonchev–Trinajstić information content (AvgIpc) is 2.64. The van der Waals surface area contributed by atoms with Crippen molar-refractivity contribution in [3.05, 3.63) is 35.4 Å². The fourth-order valence-electron chi connectivity index (χ4n) is 2.82. The lowest BCUT2D eigenvalue weighted by molar-refractivity contribution is -0.138. The van der Waals surface area contributed by atoms with Crippen molar-refractivity contribution in [2.24, 2.45) is 5.92 Å². The van der Waals surface area contributed by atoms with Crippen LogP contribution in [-0.4, -0.2) is 16.9 Å². The van der Waals surface area contributed by atoms with E-state index >= 15 is 0 Å². The smallest absolute Gasteiger partial charge is 0.310 e. The van der Waals surface area contributed by atoms with E-state index in [-0.39, 0.29) is 5.92 Å². The minimum absolute atomic E-state index is 0.153. The molecule has 0 aromatic heterocycles. The number of benzene rings is 1. The highest BCUT2D eigenvalue weighted by molar-refractivity contribution is 5.81. The molecular weight excluding hydrogens is 252 g/mol. The third-order valence-corrected chi connectivity index (χ3v) is 4.26. The third kappa shape index (κ3) is 3.69. The Morgan fingerprint density at radius 2 is 1.95 bits per heavy atom. The Balaban J connectivity index is 2.03. The minimum Gasteiger partial charge on any atom is -0.481 e. The standard InChI is InChI=1S/C17H22O3/c1-12(17(19)20)14-9-7-13(8-10-14)11-15-5-3-2-4-6-16(15)18/h7-10,12,15H,2-6,11H2,1H3,(H,19,20)/t12-,15+/m0/s1. The lowest BCUT2D eigenvalue weighted by Gasteiger charge is -2.14. The van der Waals surface area contributed by atoms with Crippen molar-refractivity contribution in [3.63, 3.8) is 0 Å². The summed E-state index contributed by atoms with van der Waals surface area (Å²) in [4.78, 5) is 22.9. The van der Waals surface area contributed by atoms with Gasteiger partial charge in [0.2, 0.25) is 0 Å². The molecule has 0 spiro atoms. The Kier molecular flexibility index (Phi) is 4.94. The average molecular weight is 274 g/mol. The van der Waals surface area contributed by atoms with Crippen LogP contribution in [0.25, 0.3) is 0 Å². The Bertz CT molecular complexity index is 476. The second kappa shape index (κ2) is 6.69. The first kappa shape index (κ1) is 14.8. The molecule has 1 fully saturated rings. The summed E-state index contributed by atoms with van der Waals surface area (Å²) in [6, 6.07) is 7.67. The van der Waals surface area contributed by atoms with E-state index in [2.05, 4.69) is 0 Å². The van der Waals surface area contributed by atoms with E-state index in [9.17, 15) is 9.59 Å². The molecule has 0 bridgehead atoms. The van der Waals surface area contributed by atoms with Gasteiger partial charge < -0.3 is 5.11 Å². The lowest BCUT2D eigenvalue weighted by atomic mass is 9.90. The number of hydrogen-bond donors (Lipinski definition) is 1. The highest BCUT2D eigenvalue weighted by atomic mass is 16.4. The highest BCUT2D eigenvalue weighted by Gasteiger charge is 2.21. The van der Waals surface area contributed by atoms with Crippen LogP contribution < -0.4 is 0 Å². The van der Waals surface area contributed by atoms with Gasteiger partial charge in [-0.15, -0.1) is 0 Å². The van der Waals surface area contributed by atoms with Crippen molar-refractivity contribution in [2.45, 2.75) is 51.4 Å². The molecule has 2 atom stereocenters. The number of ketones is 1. The van der Waals surface area contributed by atoms with Gasteiger partial charge in [0.15, 0.2) is 0 Å². The van der Waals surface area contributed by atoms with Crippen molar-refractivity contribution < 1.29 is 14.7 Å². The fraction of sp³-hybridized carbons (Fsp3) is 0.529. The molecule has 20 heavy (non-hydrogen) atoms. The maximum atomic E-state index is 12.0. The predicted molar refractivity (Wildman–Crippen MR) is 77.8 cm³/mol. The van der Waals surface area contributed by atoms with Crippen LogP contribution in [0.2, 0.25) is 0 Å². The van der Waals surface area contributed by atoms with Crippen LogP contribution >= 0.6 is 0 Å². The van der Waals surface area contributed by atoms with Crippen LogP contribution in [0, 0.1) is 5.92 Å². The van der Waals surface area contributed by atoms with Gasteiger partial charge in [0.05, 0.1) is 5.92 Å². The summed E-state index contributed by atoms with van der Waals surface area (Å²) in [7, 11) is 0. The first-order valence-electron chi connectivity index (χ1n) is 7.42. The van der Waals surface area contributed by atoms with Crippen LogP contribution in [0.3, 0.4) is 0 Å². The van der Waals surface area contributed by atoms with E-state index in [0.717, 1.165) is 49.7 Å².